The molecule has 0 heterocycles. The summed E-state index contributed by atoms with van der Waals surface area (Å²) in [7, 11) is -1.94. The van der Waals surface area contributed by atoms with Gasteiger partial charge in [-0.3, -0.25) is 0 Å². The van der Waals surface area contributed by atoms with Crippen molar-refractivity contribution in [3.8, 4) is 5.75 Å². The third-order valence-electron chi connectivity index (χ3n) is 3.56. The van der Waals surface area contributed by atoms with Crippen molar-refractivity contribution >= 4 is 14.3 Å². The molecule has 0 aliphatic heterocycles. The summed E-state index contributed by atoms with van der Waals surface area (Å²) in [6, 6.07) is 6.86. The van der Waals surface area contributed by atoms with E-state index in [2.05, 4.69) is 33.9 Å². The molecule has 5 heteroatoms. The van der Waals surface area contributed by atoms with E-state index >= 15 is 0 Å². The molecule has 0 unspecified atom stereocenters. The molecule has 20 heavy (non-hydrogen) atoms. The Morgan fingerprint density at radius 2 is 1.95 bits per heavy atom. The highest BCUT2D eigenvalue weighted by molar-refractivity contribution is 6.74. The van der Waals surface area contributed by atoms with Crippen molar-refractivity contribution in [2.75, 3.05) is 13.3 Å². The van der Waals surface area contributed by atoms with Crippen molar-refractivity contribution < 1.29 is 18.3 Å². The second kappa shape index (κ2) is 6.39. The van der Waals surface area contributed by atoms with E-state index in [0.29, 0.717) is 11.3 Å². The number of esters is 1. The molecule has 0 saturated carbocycles. The summed E-state index contributed by atoms with van der Waals surface area (Å²) < 4.78 is 22.9. The van der Waals surface area contributed by atoms with E-state index < -0.39 is 21.0 Å². The number of rotatable bonds is 5. The van der Waals surface area contributed by atoms with Crippen molar-refractivity contribution in [3.63, 3.8) is 0 Å². The first-order chi connectivity index (χ1) is 9.17. The van der Waals surface area contributed by atoms with Crippen LogP contribution in [0.15, 0.2) is 24.3 Å². The number of carbonyl (C=O) groups is 1. The van der Waals surface area contributed by atoms with Crippen LogP contribution < -0.4 is 4.43 Å². The van der Waals surface area contributed by atoms with Crippen molar-refractivity contribution in [2.24, 2.45) is 0 Å². The number of benzene rings is 1. The summed E-state index contributed by atoms with van der Waals surface area (Å²) in [5.41, 5.74) is 0.384. The Hall–Kier alpha value is -1.36. The lowest BCUT2D eigenvalue weighted by Gasteiger charge is -2.36. The second-order valence-corrected chi connectivity index (χ2v) is 10.9. The Bertz CT molecular complexity index is 466. The fourth-order valence-electron chi connectivity index (χ4n) is 1.35. The summed E-state index contributed by atoms with van der Waals surface area (Å²) in [6.07, 6.45) is 0. The number of hydrogen-bond donors (Lipinski definition) is 0. The van der Waals surface area contributed by atoms with Gasteiger partial charge < -0.3 is 9.16 Å². The smallest absolute Gasteiger partial charge is 0.338 e. The topological polar surface area (TPSA) is 35.5 Å². The highest BCUT2D eigenvalue weighted by Crippen LogP contribution is 2.37. The summed E-state index contributed by atoms with van der Waals surface area (Å²) in [5.74, 6) is 0.134. The summed E-state index contributed by atoms with van der Waals surface area (Å²) in [4.78, 5) is 11.7. The lowest BCUT2D eigenvalue weighted by molar-refractivity contribution is 0.0481. The molecule has 0 saturated heterocycles. The van der Waals surface area contributed by atoms with Gasteiger partial charge in [-0.25, -0.2) is 9.18 Å². The fourth-order valence-corrected chi connectivity index (χ4v) is 2.37. The van der Waals surface area contributed by atoms with Crippen LogP contribution in [0.1, 0.15) is 31.1 Å². The monoisotopic (exact) mass is 298 g/mol. The predicted molar refractivity (Wildman–Crippen MR) is 80.5 cm³/mol. The fraction of sp³-hybridized carbons (Fsp3) is 0.533. The first-order valence-corrected chi connectivity index (χ1v) is 9.60. The van der Waals surface area contributed by atoms with Crippen LogP contribution in [0.5, 0.6) is 5.75 Å². The lowest BCUT2D eigenvalue weighted by atomic mass is 10.2. The standard InChI is InChI=1S/C15H23FO3Si/c1-15(2,3)20(4,5)19-13-8-6-7-12(11-13)14(17)18-10-9-16/h6-8,11H,9-10H2,1-5H3. The average molecular weight is 298 g/mol. The quantitative estimate of drug-likeness (QED) is 0.604. The molecule has 1 rings (SSSR count). The summed E-state index contributed by atoms with van der Waals surface area (Å²) >= 11 is 0. The van der Waals surface area contributed by atoms with Crippen LogP contribution >= 0.6 is 0 Å². The first kappa shape index (κ1) is 16.7. The van der Waals surface area contributed by atoms with Gasteiger partial charge in [-0.1, -0.05) is 26.8 Å². The van der Waals surface area contributed by atoms with E-state index in [1.807, 2.05) is 6.07 Å². The molecule has 0 N–H and O–H groups in total. The molecule has 0 aromatic heterocycles. The highest BCUT2D eigenvalue weighted by atomic mass is 28.4. The molecule has 0 radical (unpaired) electrons. The second-order valence-electron chi connectivity index (χ2n) is 6.22. The number of alkyl halides is 1. The Morgan fingerprint density at radius 3 is 2.50 bits per heavy atom. The van der Waals surface area contributed by atoms with Crippen LogP contribution in [0.3, 0.4) is 0 Å². The zero-order valence-corrected chi connectivity index (χ0v) is 13.8. The van der Waals surface area contributed by atoms with Crippen molar-refractivity contribution in [1.82, 2.24) is 0 Å². The van der Waals surface area contributed by atoms with Gasteiger partial charge >= 0.3 is 5.97 Å². The van der Waals surface area contributed by atoms with Gasteiger partial charge in [0.1, 0.15) is 19.0 Å². The highest BCUT2D eigenvalue weighted by Gasteiger charge is 2.39. The zero-order chi connectivity index (χ0) is 15.4. The molecule has 0 spiro atoms. The van der Waals surface area contributed by atoms with Gasteiger partial charge in [-0.15, -0.1) is 0 Å². The van der Waals surface area contributed by atoms with Gasteiger partial charge in [0.15, 0.2) is 0 Å². The molecule has 0 bridgehead atoms. The van der Waals surface area contributed by atoms with Crippen LogP contribution in [0, 0.1) is 0 Å². The molecular weight excluding hydrogens is 275 g/mol. The van der Waals surface area contributed by atoms with Crippen LogP contribution in [-0.2, 0) is 4.74 Å². The van der Waals surface area contributed by atoms with E-state index in [4.69, 9.17) is 9.16 Å². The lowest BCUT2D eigenvalue weighted by Crippen LogP contribution is -2.43. The predicted octanol–water partition coefficient (Wildman–Crippen LogP) is 4.20. The van der Waals surface area contributed by atoms with E-state index in [1.165, 1.54) is 0 Å². The average Bonchev–Trinajstić information content (AvgIpc) is 2.34. The molecule has 0 atom stereocenters. The Balaban J connectivity index is 2.86. The SMILES string of the molecule is CC(C)(C)[Si](C)(C)Oc1cccc(C(=O)OCCF)c1. The number of carbonyl (C=O) groups excluding carboxylic acids is 1. The normalized spacial score (nSPS) is 12.1. The maximum atomic E-state index is 12.0. The van der Waals surface area contributed by atoms with E-state index in [9.17, 15) is 9.18 Å². The van der Waals surface area contributed by atoms with Gasteiger partial charge in [-0.2, -0.15) is 0 Å². The maximum Gasteiger partial charge on any atom is 0.338 e. The van der Waals surface area contributed by atoms with Crippen LogP contribution in [0.2, 0.25) is 18.1 Å². The third kappa shape index (κ3) is 4.33. The van der Waals surface area contributed by atoms with Crippen molar-refractivity contribution in [2.45, 2.75) is 38.9 Å². The van der Waals surface area contributed by atoms with E-state index in [-0.39, 0.29) is 11.6 Å². The van der Waals surface area contributed by atoms with E-state index in [0.717, 1.165) is 0 Å². The van der Waals surface area contributed by atoms with Crippen molar-refractivity contribution in [1.29, 1.82) is 0 Å². The van der Waals surface area contributed by atoms with Gasteiger partial charge in [0, 0.05) is 0 Å². The molecule has 0 aliphatic rings. The minimum absolute atomic E-state index is 0.0811. The zero-order valence-electron chi connectivity index (χ0n) is 12.8. The van der Waals surface area contributed by atoms with Crippen LogP contribution in [-0.4, -0.2) is 27.6 Å². The Morgan fingerprint density at radius 1 is 1.30 bits per heavy atom. The molecule has 112 valence electrons. The Kier molecular flexibility index (Phi) is 5.33. The molecule has 0 aliphatic carbocycles. The molecule has 1 aromatic carbocycles. The largest absolute Gasteiger partial charge is 0.543 e. The Labute approximate surface area is 121 Å². The number of halogens is 1. The van der Waals surface area contributed by atoms with Gasteiger partial charge in [0.2, 0.25) is 8.32 Å². The van der Waals surface area contributed by atoms with Gasteiger partial charge in [0.05, 0.1) is 5.56 Å². The number of ether oxygens (including phenoxy) is 1. The first-order valence-electron chi connectivity index (χ1n) is 6.69. The number of hydrogen-bond acceptors (Lipinski definition) is 3. The van der Waals surface area contributed by atoms with Crippen molar-refractivity contribution in [3.05, 3.63) is 29.8 Å². The molecule has 1 aromatic rings. The molecule has 0 amide bonds. The molecular formula is C15H23FO3Si. The summed E-state index contributed by atoms with van der Waals surface area (Å²) in [5, 5.41) is 0.0811. The van der Waals surface area contributed by atoms with E-state index in [1.54, 1.807) is 18.2 Å². The van der Waals surface area contributed by atoms with Crippen LogP contribution in [0.25, 0.3) is 0 Å². The van der Waals surface area contributed by atoms with Crippen LogP contribution in [0.4, 0.5) is 4.39 Å². The maximum absolute atomic E-state index is 12.0. The third-order valence-corrected chi connectivity index (χ3v) is 7.92. The summed E-state index contributed by atoms with van der Waals surface area (Å²) in [6.45, 7) is 9.84. The van der Waals surface area contributed by atoms with Gasteiger partial charge in [-0.05, 0) is 36.3 Å². The minimum atomic E-state index is -1.94. The minimum Gasteiger partial charge on any atom is -0.543 e. The van der Waals surface area contributed by atoms with Gasteiger partial charge in [0.25, 0.3) is 0 Å². The molecule has 0 fully saturated rings. The molecule has 3 nitrogen and oxygen atoms in total.